The quantitative estimate of drug-likeness (QED) is 0.544. The molecule has 0 aromatic carbocycles. The van der Waals surface area contributed by atoms with E-state index in [1.807, 2.05) is 0 Å². The fraction of sp³-hybridized carbons (Fsp3) is 0.571. The zero-order valence-corrected chi connectivity index (χ0v) is 7.27. The van der Waals surface area contributed by atoms with Crippen LogP contribution in [0.2, 0.25) is 0 Å². The van der Waals surface area contributed by atoms with E-state index in [1.54, 1.807) is 0 Å². The lowest BCUT2D eigenvalue weighted by molar-refractivity contribution is -0.385. The first-order valence-electron chi connectivity index (χ1n) is 4.04. The van der Waals surface area contributed by atoms with Gasteiger partial charge in [-0.2, -0.15) is 5.10 Å². The van der Waals surface area contributed by atoms with Crippen LogP contribution in [-0.4, -0.2) is 21.1 Å². The number of halogens is 2. The van der Waals surface area contributed by atoms with E-state index < -0.39 is 11.3 Å². The highest BCUT2D eigenvalue weighted by Gasteiger charge is 2.08. The minimum absolute atomic E-state index is 0.123. The molecule has 0 aliphatic rings. The fourth-order valence-corrected chi connectivity index (χ4v) is 0.977. The van der Waals surface area contributed by atoms with Crippen molar-refractivity contribution in [1.82, 2.24) is 9.78 Å². The van der Waals surface area contributed by atoms with Gasteiger partial charge in [0, 0.05) is 13.0 Å². The molecule has 0 spiro atoms. The van der Waals surface area contributed by atoms with E-state index >= 15 is 0 Å². The highest BCUT2D eigenvalue weighted by Crippen LogP contribution is 2.09. The number of rotatable bonds is 5. The van der Waals surface area contributed by atoms with Crippen LogP contribution in [0.15, 0.2) is 12.4 Å². The lowest BCUT2D eigenvalue weighted by Gasteiger charge is -1.99. The van der Waals surface area contributed by atoms with Gasteiger partial charge in [-0.15, -0.1) is 0 Å². The van der Waals surface area contributed by atoms with Gasteiger partial charge in [0.1, 0.15) is 12.4 Å². The van der Waals surface area contributed by atoms with E-state index in [9.17, 15) is 18.9 Å². The van der Waals surface area contributed by atoms with Crippen molar-refractivity contribution < 1.29 is 13.7 Å². The summed E-state index contributed by atoms with van der Waals surface area (Å²) in [5, 5.41) is 13.9. The average Bonchev–Trinajstić information content (AvgIpc) is 2.52. The van der Waals surface area contributed by atoms with Gasteiger partial charge in [-0.25, -0.2) is 8.78 Å². The second kappa shape index (κ2) is 4.64. The first-order valence-corrected chi connectivity index (χ1v) is 4.04. The number of hydrogen-bond acceptors (Lipinski definition) is 3. The monoisotopic (exact) mass is 205 g/mol. The van der Waals surface area contributed by atoms with Crippen LogP contribution < -0.4 is 0 Å². The summed E-state index contributed by atoms with van der Waals surface area (Å²) in [7, 11) is 0. The average molecular weight is 205 g/mol. The van der Waals surface area contributed by atoms with Crippen LogP contribution in [0.25, 0.3) is 0 Å². The molecule has 0 fully saturated rings. The topological polar surface area (TPSA) is 61.0 Å². The van der Waals surface area contributed by atoms with Gasteiger partial charge in [-0.05, 0) is 6.42 Å². The molecule has 7 heteroatoms. The third-order valence-electron chi connectivity index (χ3n) is 1.64. The van der Waals surface area contributed by atoms with Gasteiger partial charge >= 0.3 is 5.69 Å². The number of nitro groups is 1. The Labute approximate surface area is 78.5 Å². The normalized spacial score (nSPS) is 10.8. The van der Waals surface area contributed by atoms with Gasteiger partial charge in [0.25, 0.3) is 0 Å². The van der Waals surface area contributed by atoms with Gasteiger partial charge < -0.3 is 0 Å². The molecule has 5 nitrogen and oxygen atoms in total. The standard InChI is InChI=1S/C7H9F2N3O2/c8-7(9)2-1-3-11-5-6(4-10-11)12(13)14/h4-5,7H,1-3H2. The number of aromatic nitrogens is 2. The predicted octanol–water partition coefficient (Wildman–Crippen LogP) is 1.84. The summed E-state index contributed by atoms with van der Waals surface area (Å²) in [4.78, 5) is 9.66. The number of nitrogens with zero attached hydrogens (tertiary/aromatic N) is 3. The van der Waals surface area contributed by atoms with E-state index in [0.29, 0.717) is 0 Å². The Morgan fingerprint density at radius 2 is 2.36 bits per heavy atom. The van der Waals surface area contributed by atoms with Crippen molar-refractivity contribution in [3.05, 3.63) is 22.5 Å². The number of alkyl halides is 2. The molecule has 0 aliphatic heterocycles. The van der Waals surface area contributed by atoms with Crippen molar-refractivity contribution in [3.63, 3.8) is 0 Å². The van der Waals surface area contributed by atoms with Gasteiger partial charge in [0.15, 0.2) is 0 Å². The summed E-state index contributed by atoms with van der Waals surface area (Å²) in [6.45, 7) is 0.276. The van der Waals surface area contributed by atoms with E-state index in [-0.39, 0.29) is 25.1 Å². The van der Waals surface area contributed by atoms with Gasteiger partial charge in [0.05, 0.1) is 4.92 Å². The van der Waals surface area contributed by atoms with Crippen molar-refractivity contribution >= 4 is 5.69 Å². The second-order valence-corrected chi connectivity index (χ2v) is 2.75. The van der Waals surface area contributed by atoms with E-state index in [2.05, 4.69) is 5.10 Å². The molecule has 14 heavy (non-hydrogen) atoms. The summed E-state index contributed by atoms with van der Waals surface area (Å²) >= 11 is 0. The molecule has 0 saturated carbocycles. The highest BCUT2D eigenvalue weighted by molar-refractivity contribution is 5.20. The van der Waals surface area contributed by atoms with Crippen LogP contribution in [0.3, 0.4) is 0 Å². The summed E-state index contributed by atoms with van der Waals surface area (Å²) in [5.41, 5.74) is -0.123. The first kappa shape index (κ1) is 10.6. The Hall–Kier alpha value is -1.53. The first-order chi connectivity index (χ1) is 6.59. The molecule has 1 aromatic heterocycles. The van der Waals surface area contributed by atoms with Crippen LogP contribution >= 0.6 is 0 Å². The molecule has 1 rings (SSSR count). The zero-order valence-electron chi connectivity index (χ0n) is 7.27. The van der Waals surface area contributed by atoms with Crippen molar-refractivity contribution in [1.29, 1.82) is 0 Å². The summed E-state index contributed by atoms with van der Waals surface area (Å²) in [6.07, 6.45) is 0.0402. The predicted molar refractivity (Wildman–Crippen MR) is 44.1 cm³/mol. The zero-order chi connectivity index (χ0) is 10.6. The van der Waals surface area contributed by atoms with E-state index in [4.69, 9.17) is 0 Å². The molecule has 78 valence electrons. The largest absolute Gasteiger partial charge is 0.306 e. The minimum atomic E-state index is -2.33. The minimum Gasteiger partial charge on any atom is -0.266 e. The third kappa shape index (κ3) is 3.08. The SMILES string of the molecule is O=[N+]([O-])c1cnn(CCCC(F)F)c1. The van der Waals surface area contributed by atoms with Crippen molar-refractivity contribution in [3.8, 4) is 0 Å². The van der Waals surface area contributed by atoms with Crippen molar-refractivity contribution in [2.24, 2.45) is 0 Å². The van der Waals surface area contributed by atoms with Crippen LogP contribution in [-0.2, 0) is 6.54 Å². The molecule has 0 saturated heterocycles. The fourth-order valence-electron chi connectivity index (χ4n) is 0.977. The van der Waals surface area contributed by atoms with Gasteiger partial charge in [0.2, 0.25) is 6.43 Å². The molecule has 0 aliphatic carbocycles. The molecule has 1 heterocycles. The van der Waals surface area contributed by atoms with Crippen LogP contribution in [0.4, 0.5) is 14.5 Å². The summed E-state index contributed by atoms with van der Waals surface area (Å²) in [6, 6.07) is 0. The molecule has 0 radical (unpaired) electrons. The molecule has 1 aromatic rings. The van der Waals surface area contributed by atoms with Crippen LogP contribution in [0.5, 0.6) is 0 Å². The molecule has 0 amide bonds. The Bertz CT molecular complexity index is 314. The summed E-state index contributed by atoms with van der Waals surface area (Å²) < 4.78 is 24.8. The Morgan fingerprint density at radius 1 is 1.64 bits per heavy atom. The third-order valence-corrected chi connectivity index (χ3v) is 1.64. The smallest absolute Gasteiger partial charge is 0.266 e. The van der Waals surface area contributed by atoms with Crippen LogP contribution in [0.1, 0.15) is 12.8 Å². The number of aryl methyl sites for hydroxylation is 1. The molecule has 0 bridgehead atoms. The molecule has 0 unspecified atom stereocenters. The van der Waals surface area contributed by atoms with E-state index in [1.165, 1.54) is 10.9 Å². The molecular weight excluding hydrogens is 196 g/mol. The van der Waals surface area contributed by atoms with Crippen molar-refractivity contribution in [2.75, 3.05) is 0 Å². The Kier molecular flexibility index (Phi) is 3.49. The maximum atomic E-state index is 11.7. The van der Waals surface area contributed by atoms with Crippen molar-refractivity contribution in [2.45, 2.75) is 25.8 Å². The van der Waals surface area contributed by atoms with Gasteiger partial charge in [-0.1, -0.05) is 0 Å². The maximum Gasteiger partial charge on any atom is 0.306 e. The molecular formula is C7H9F2N3O2. The maximum absolute atomic E-state index is 11.7. The molecule has 0 atom stereocenters. The van der Waals surface area contributed by atoms with E-state index in [0.717, 1.165) is 6.20 Å². The van der Waals surface area contributed by atoms with Crippen LogP contribution in [0, 0.1) is 10.1 Å². The Morgan fingerprint density at radius 3 is 2.86 bits per heavy atom. The Balaban J connectivity index is 2.40. The number of hydrogen-bond donors (Lipinski definition) is 0. The molecule has 0 N–H and O–H groups in total. The summed E-state index contributed by atoms with van der Waals surface area (Å²) in [5.74, 6) is 0. The lowest BCUT2D eigenvalue weighted by Crippen LogP contribution is -2.00. The second-order valence-electron chi connectivity index (χ2n) is 2.75. The van der Waals surface area contributed by atoms with Gasteiger partial charge in [-0.3, -0.25) is 14.8 Å². The highest BCUT2D eigenvalue weighted by atomic mass is 19.3. The lowest BCUT2D eigenvalue weighted by atomic mass is 10.3.